The molecule has 8 nitrogen and oxygen atoms in total. The minimum Gasteiger partial charge on any atom is -0.657 e. The predicted octanol–water partition coefficient (Wildman–Crippen LogP) is 6.76. The molecule has 3 aromatic rings. The third-order valence-electron chi connectivity index (χ3n) is 8.06. The van der Waals surface area contributed by atoms with Gasteiger partial charge in [0.15, 0.2) is 0 Å². The average molecular weight is 620 g/mol. The monoisotopic (exact) mass is 619 g/mol. The first-order valence-corrected chi connectivity index (χ1v) is 13.8. The molecule has 5 rings (SSSR count). The minimum atomic E-state index is -0.898. The second kappa shape index (κ2) is 12.4. The van der Waals surface area contributed by atoms with Crippen LogP contribution in [0.2, 0.25) is 0 Å². The van der Waals surface area contributed by atoms with Crippen LogP contribution in [0.15, 0.2) is 43.5 Å². The number of carbonyl (C=O) groups is 2. The van der Waals surface area contributed by atoms with Gasteiger partial charge in [-0.15, -0.1) is 22.1 Å². The molecule has 0 unspecified atom stereocenters. The van der Waals surface area contributed by atoms with Crippen LogP contribution in [0.5, 0.6) is 0 Å². The number of nitrogens with zero attached hydrogens (tertiary/aromatic N) is 4. The zero-order valence-electron chi connectivity index (χ0n) is 24.5. The molecule has 0 amide bonds. The van der Waals surface area contributed by atoms with Crippen LogP contribution in [0, 0.1) is 13.8 Å². The molecule has 1 radical (unpaired) electrons. The van der Waals surface area contributed by atoms with Crippen molar-refractivity contribution in [2.45, 2.75) is 53.4 Å². The van der Waals surface area contributed by atoms with Crippen molar-refractivity contribution >= 4 is 62.4 Å². The van der Waals surface area contributed by atoms with Gasteiger partial charge in [0, 0.05) is 35.2 Å². The van der Waals surface area contributed by atoms with Crippen molar-refractivity contribution < 1.29 is 36.6 Å². The third kappa shape index (κ3) is 5.91. The maximum atomic E-state index is 11.5. The molecule has 223 valence electrons. The number of aromatic nitrogens is 4. The van der Waals surface area contributed by atoms with Gasteiger partial charge in [-0.1, -0.05) is 66.3 Å². The smallest absolute Gasteiger partial charge is 0.303 e. The summed E-state index contributed by atoms with van der Waals surface area (Å²) in [6.07, 6.45) is 4.06. The number of carboxylic acids is 2. The summed E-state index contributed by atoms with van der Waals surface area (Å²) in [5, 5.41) is 18.9. The second-order valence-electron chi connectivity index (χ2n) is 10.6. The van der Waals surface area contributed by atoms with Crippen LogP contribution >= 0.6 is 0 Å². The van der Waals surface area contributed by atoms with Crippen LogP contribution in [0.4, 0.5) is 0 Å². The molecule has 5 heterocycles. The average Bonchev–Trinajstić information content (AvgIpc) is 3.59. The molecular formula is C34H32CoN4O4-2. The molecule has 8 bridgehead atoms. The number of hydrogen-bond donors (Lipinski definition) is 2. The Hall–Kier alpha value is -4.47. The van der Waals surface area contributed by atoms with E-state index in [1.54, 1.807) is 12.2 Å². The van der Waals surface area contributed by atoms with E-state index in [9.17, 15) is 19.8 Å². The van der Waals surface area contributed by atoms with Crippen molar-refractivity contribution in [1.29, 1.82) is 0 Å². The summed E-state index contributed by atoms with van der Waals surface area (Å²) in [7, 11) is 0. The molecule has 3 aromatic heterocycles. The van der Waals surface area contributed by atoms with Gasteiger partial charge in [0.1, 0.15) is 0 Å². The number of fused-ring (bicyclic) bond motifs is 8. The van der Waals surface area contributed by atoms with Gasteiger partial charge in [0.25, 0.3) is 0 Å². The van der Waals surface area contributed by atoms with Gasteiger partial charge in [-0.2, -0.15) is 0 Å². The van der Waals surface area contributed by atoms with Gasteiger partial charge in [-0.05, 0) is 62.8 Å². The molecule has 43 heavy (non-hydrogen) atoms. The van der Waals surface area contributed by atoms with Gasteiger partial charge in [0.2, 0.25) is 0 Å². The van der Waals surface area contributed by atoms with E-state index in [0.717, 1.165) is 61.3 Å². The van der Waals surface area contributed by atoms with Crippen molar-refractivity contribution in [2.75, 3.05) is 0 Å². The zero-order valence-corrected chi connectivity index (χ0v) is 25.6. The van der Waals surface area contributed by atoms with Gasteiger partial charge in [-0.25, -0.2) is 9.97 Å². The molecule has 0 fully saturated rings. The first-order valence-electron chi connectivity index (χ1n) is 13.8. The topological polar surface area (TPSA) is 129 Å². The molecule has 2 aliphatic heterocycles. The molecular weight excluding hydrogens is 587 g/mol. The Morgan fingerprint density at radius 1 is 0.721 bits per heavy atom. The van der Waals surface area contributed by atoms with Gasteiger partial charge in [0.05, 0.1) is 22.8 Å². The molecule has 0 atom stereocenters. The standard InChI is InChI=1S/C34H34N4O4.Co/c1-7-21-17(3)25-13-26-19(5)23(9-11-33(39)40)31(37-26)16-32-24(10-12-34(41)42)20(6)28(38-32)15-30-22(8-2)18(4)27(36-30)14-29(21)35-25;/h7-8,13-16H,1-2,9-12H2,3-6H3,(H4,35,36,37,38,39,40,41,42);/p-2. The molecule has 0 saturated heterocycles. The van der Waals surface area contributed by atoms with Crippen molar-refractivity contribution in [3.8, 4) is 0 Å². The zero-order chi connectivity index (χ0) is 30.3. The van der Waals surface area contributed by atoms with Gasteiger partial charge >= 0.3 is 11.9 Å². The molecule has 9 heteroatoms. The number of carboxylic acid groups (broad SMARTS) is 2. The summed E-state index contributed by atoms with van der Waals surface area (Å²) in [4.78, 5) is 42.7. The van der Waals surface area contributed by atoms with E-state index in [1.807, 2.05) is 52.0 Å². The summed E-state index contributed by atoms with van der Waals surface area (Å²) >= 11 is 0. The maximum absolute atomic E-state index is 11.5. The van der Waals surface area contributed by atoms with E-state index in [4.69, 9.17) is 19.9 Å². The van der Waals surface area contributed by atoms with Crippen molar-refractivity contribution in [3.63, 3.8) is 0 Å². The quantitative estimate of drug-likeness (QED) is 0.283. The second-order valence-corrected chi connectivity index (χ2v) is 10.6. The van der Waals surface area contributed by atoms with Crippen LogP contribution in [-0.4, -0.2) is 32.1 Å². The van der Waals surface area contributed by atoms with Crippen LogP contribution in [0.1, 0.15) is 78.1 Å². The summed E-state index contributed by atoms with van der Waals surface area (Å²) in [5.74, 6) is -1.80. The summed E-state index contributed by atoms with van der Waals surface area (Å²) in [6, 6.07) is 7.62. The van der Waals surface area contributed by atoms with E-state index < -0.39 is 11.9 Å². The molecule has 2 aliphatic rings. The van der Waals surface area contributed by atoms with Gasteiger partial charge < -0.3 is 20.2 Å². The number of hydrogen-bond acceptors (Lipinski definition) is 4. The van der Waals surface area contributed by atoms with E-state index >= 15 is 0 Å². The Morgan fingerprint density at radius 3 is 1.91 bits per heavy atom. The fraction of sp³-hybridized carbons (Fsp3) is 0.235. The Balaban J connectivity index is 0.00000423. The Labute approximate surface area is 260 Å². The molecule has 0 aliphatic carbocycles. The van der Waals surface area contributed by atoms with E-state index in [-0.39, 0.29) is 29.6 Å². The van der Waals surface area contributed by atoms with E-state index in [1.165, 1.54) is 0 Å². The predicted molar refractivity (Wildman–Crippen MR) is 167 cm³/mol. The fourth-order valence-electron chi connectivity index (χ4n) is 5.61. The van der Waals surface area contributed by atoms with Crippen molar-refractivity contribution in [3.05, 3.63) is 88.5 Å². The Morgan fingerprint density at radius 2 is 1.26 bits per heavy atom. The normalized spacial score (nSPS) is 12.7. The van der Waals surface area contributed by atoms with E-state index in [0.29, 0.717) is 41.0 Å². The number of allylic oxidation sites excluding steroid dienone is 5. The Bertz CT molecular complexity index is 1920. The summed E-state index contributed by atoms with van der Waals surface area (Å²) in [6.45, 7) is 15.9. The first-order chi connectivity index (χ1) is 20.0. The minimum absolute atomic E-state index is 0. The van der Waals surface area contributed by atoms with Crippen LogP contribution in [-0.2, 0) is 32.8 Å². The van der Waals surface area contributed by atoms with Gasteiger partial charge in [-0.3, -0.25) is 9.59 Å². The van der Waals surface area contributed by atoms with Crippen LogP contribution < -0.4 is 9.97 Å². The molecule has 2 N–H and O–H groups in total. The first kappa shape index (κ1) is 31.5. The fourth-order valence-corrected chi connectivity index (χ4v) is 5.61. The number of aryl methyl sites for hydroxylation is 3. The molecule has 0 aromatic carbocycles. The number of aliphatic carboxylic acids is 2. The van der Waals surface area contributed by atoms with E-state index in [2.05, 4.69) is 13.2 Å². The molecule has 0 spiro atoms. The Kier molecular flexibility index (Phi) is 9.08. The largest absolute Gasteiger partial charge is 0.657 e. The SMILES string of the molecule is C=CC1=C(C)c2cc3[n-]c(cc4nc(cc5[n-]c(cc1n2)c(C)c5CCC(=O)O)C(CCC(=O)O)=C4C)c(C)c3C=C.[Co]. The summed E-state index contributed by atoms with van der Waals surface area (Å²) < 4.78 is 0. The van der Waals surface area contributed by atoms with Crippen LogP contribution in [0.25, 0.3) is 50.4 Å². The van der Waals surface area contributed by atoms with Crippen molar-refractivity contribution in [2.24, 2.45) is 0 Å². The number of rotatable bonds is 8. The maximum Gasteiger partial charge on any atom is 0.303 e. The third-order valence-corrected chi connectivity index (χ3v) is 8.06. The van der Waals surface area contributed by atoms with Crippen molar-refractivity contribution in [1.82, 2.24) is 19.9 Å². The van der Waals surface area contributed by atoms with Crippen LogP contribution in [0.3, 0.4) is 0 Å². The molecule has 0 saturated carbocycles. The summed E-state index contributed by atoms with van der Waals surface area (Å²) in [5.41, 5.74) is 12.6.